The van der Waals surface area contributed by atoms with Crippen LogP contribution in [0.5, 0.6) is 0 Å². The molecule has 2 rings (SSSR count). The molecule has 0 bridgehead atoms. The second kappa shape index (κ2) is 9.08. The number of esters is 2. The van der Waals surface area contributed by atoms with E-state index in [-0.39, 0.29) is 37.6 Å². The molecule has 1 saturated heterocycles. The van der Waals surface area contributed by atoms with Crippen molar-refractivity contribution < 1.29 is 33.4 Å². The van der Waals surface area contributed by atoms with Crippen molar-refractivity contribution in [1.29, 1.82) is 0 Å². The molecule has 10 heteroatoms. The van der Waals surface area contributed by atoms with Gasteiger partial charge in [-0.15, -0.1) is 0 Å². The second-order valence-electron chi connectivity index (χ2n) is 7.55. The van der Waals surface area contributed by atoms with Gasteiger partial charge in [-0.3, -0.25) is 4.79 Å². The number of alkyl carbamates (subject to hydrolysis) is 1. The lowest BCUT2D eigenvalue weighted by molar-refractivity contribution is -0.146. The van der Waals surface area contributed by atoms with E-state index in [0.29, 0.717) is 6.42 Å². The van der Waals surface area contributed by atoms with Crippen molar-refractivity contribution in [2.45, 2.75) is 45.8 Å². The first kappa shape index (κ1) is 22.4. The largest absolute Gasteiger partial charge is 0.462 e. The third-order valence-electron chi connectivity index (χ3n) is 3.92. The maximum absolute atomic E-state index is 12.9. The first-order valence-corrected chi connectivity index (χ1v) is 9.35. The monoisotopic (exact) mass is 409 g/mol. The molecule has 2 aliphatic heterocycles. The second-order valence-corrected chi connectivity index (χ2v) is 7.55. The van der Waals surface area contributed by atoms with E-state index in [4.69, 9.17) is 14.2 Å². The Kier molecular flexibility index (Phi) is 7.02. The molecule has 29 heavy (non-hydrogen) atoms. The SMILES string of the molecule is C=CCOC(=O)C1=C(C(=O)OCCC)CN2CC(NC(=O)OC(C)(C)C)C(=O)N12. The maximum Gasteiger partial charge on any atom is 0.408 e. The quantitative estimate of drug-likeness (QED) is 0.375. The Morgan fingerprint density at radius 3 is 2.52 bits per heavy atom. The van der Waals surface area contributed by atoms with Crippen LogP contribution in [0.3, 0.4) is 0 Å². The number of amides is 2. The van der Waals surface area contributed by atoms with Gasteiger partial charge in [-0.05, 0) is 27.2 Å². The van der Waals surface area contributed by atoms with Crippen LogP contribution >= 0.6 is 0 Å². The lowest BCUT2D eigenvalue weighted by Crippen LogP contribution is -2.45. The van der Waals surface area contributed by atoms with Gasteiger partial charge in [-0.25, -0.2) is 24.4 Å². The zero-order valence-corrected chi connectivity index (χ0v) is 17.1. The van der Waals surface area contributed by atoms with Crippen molar-refractivity contribution in [3.63, 3.8) is 0 Å². The van der Waals surface area contributed by atoms with E-state index in [1.165, 1.54) is 11.1 Å². The van der Waals surface area contributed by atoms with Gasteiger partial charge in [0.05, 0.1) is 18.7 Å². The Hall–Kier alpha value is -2.88. The van der Waals surface area contributed by atoms with Crippen LogP contribution in [0.2, 0.25) is 0 Å². The third-order valence-corrected chi connectivity index (χ3v) is 3.92. The van der Waals surface area contributed by atoms with Crippen LogP contribution in [0.15, 0.2) is 23.9 Å². The Bertz CT molecular complexity index is 739. The number of nitrogens with one attached hydrogen (secondary N) is 1. The number of rotatable bonds is 7. The first-order chi connectivity index (χ1) is 13.6. The fourth-order valence-electron chi connectivity index (χ4n) is 2.84. The Labute approximate surface area is 169 Å². The first-order valence-electron chi connectivity index (χ1n) is 9.35. The molecule has 0 aromatic carbocycles. The molecule has 0 spiro atoms. The van der Waals surface area contributed by atoms with Gasteiger partial charge < -0.3 is 19.5 Å². The lowest BCUT2D eigenvalue weighted by Gasteiger charge is -2.21. The summed E-state index contributed by atoms with van der Waals surface area (Å²) >= 11 is 0. The highest BCUT2D eigenvalue weighted by Crippen LogP contribution is 2.31. The van der Waals surface area contributed by atoms with Crippen LogP contribution in [0.25, 0.3) is 0 Å². The fourth-order valence-corrected chi connectivity index (χ4v) is 2.84. The minimum absolute atomic E-state index is 0.0146. The predicted octanol–water partition coefficient (Wildman–Crippen LogP) is 0.889. The molecule has 0 aromatic heterocycles. The van der Waals surface area contributed by atoms with Gasteiger partial charge in [-0.1, -0.05) is 19.6 Å². The summed E-state index contributed by atoms with van der Waals surface area (Å²) in [5.74, 6) is -2.10. The van der Waals surface area contributed by atoms with E-state index in [2.05, 4.69) is 11.9 Å². The highest BCUT2D eigenvalue weighted by molar-refractivity contribution is 6.05. The molecular weight excluding hydrogens is 382 g/mol. The molecule has 1 atom stereocenters. The molecule has 160 valence electrons. The van der Waals surface area contributed by atoms with Gasteiger partial charge in [0, 0.05) is 6.54 Å². The van der Waals surface area contributed by atoms with Crippen LogP contribution in [0.4, 0.5) is 4.79 Å². The van der Waals surface area contributed by atoms with E-state index in [1.807, 2.05) is 6.92 Å². The van der Waals surface area contributed by atoms with E-state index in [0.717, 1.165) is 5.01 Å². The summed E-state index contributed by atoms with van der Waals surface area (Å²) in [6.07, 6.45) is 1.24. The van der Waals surface area contributed by atoms with Gasteiger partial charge in [-0.2, -0.15) is 0 Å². The van der Waals surface area contributed by atoms with Crippen molar-refractivity contribution in [1.82, 2.24) is 15.3 Å². The number of hydrogen-bond acceptors (Lipinski definition) is 8. The molecule has 2 aliphatic rings. The van der Waals surface area contributed by atoms with Crippen molar-refractivity contribution >= 4 is 23.9 Å². The summed E-state index contributed by atoms with van der Waals surface area (Å²) in [5, 5.41) is 5.04. The Balaban J connectivity index is 2.22. The molecule has 1 unspecified atom stereocenters. The van der Waals surface area contributed by atoms with Crippen LogP contribution < -0.4 is 5.32 Å². The summed E-state index contributed by atoms with van der Waals surface area (Å²) < 4.78 is 15.3. The van der Waals surface area contributed by atoms with Crippen molar-refractivity contribution in [2.75, 3.05) is 26.3 Å². The standard InChI is InChI=1S/C19H27N3O7/c1-6-8-27-16(24)12-10-21-11-13(20-18(26)29-19(3,4)5)15(23)22(21)14(12)17(25)28-9-7-2/h7,13H,2,6,8-11H2,1,3-5H3,(H,20,26). The molecule has 2 amide bonds. The van der Waals surface area contributed by atoms with Crippen LogP contribution in [0, 0.1) is 0 Å². The smallest absolute Gasteiger partial charge is 0.408 e. The fraction of sp³-hybridized carbons (Fsp3) is 0.579. The Morgan fingerprint density at radius 2 is 1.93 bits per heavy atom. The molecule has 0 saturated carbocycles. The average molecular weight is 409 g/mol. The van der Waals surface area contributed by atoms with Gasteiger partial charge in [0.25, 0.3) is 5.91 Å². The number of hydrazine groups is 1. The number of nitrogens with zero attached hydrogens (tertiary/aromatic N) is 2. The van der Waals surface area contributed by atoms with Gasteiger partial charge in [0.15, 0.2) is 5.70 Å². The van der Waals surface area contributed by atoms with Crippen LogP contribution in [0.1, 0.15) is 34.1 Å². The number of carbonyl (C=O) groups excluding carboxylic acids is 4. The summed E-state index contributed by atoms with van der Waals surface area (Å²) in [6, 6.07) is -0.930. The highest BCUT2D eigenvalue weighted by atomic mass is 16.6. The van der Waals surface area contributed by atoms with E-state index >= 15 is 0 Å². The van der Waals surface area contributed by atoms with Crippen molar-refractivity contribution in [3.8, 4) is 0 Å². The highest BCUT2D eigenvalue weighted by Gasteiger charge is 2.50. The summed E-state index contributed by atoms with van der Waals surface area (Å²) in [5.41, 5.74) is -0.888. The third kappa shape index (κ3) is 5.35. The molecule has 10 nitrogen and oxygen atoms in total. The molecule has 2 heterocycles. The Morgan fingerprint density at radius 1 is 1.24 bits per heavy atom. The summed E-state index contributed by atoms with van der Waals surface area (Å²) in [6.45, 7) is 10.6. The molecule has 0 aliphatic carbocycles. The zero-order valence-electron chi connectivity index (χ0n) is 17.1. The molecule has 1 fully saturated rings. The van der Waals surface area contributed by atoms with E-state index < -0.39 is 35.6 Å². The number of ether oxygens (including phenoxy) is 3. The van der Waals surface area contributed by atoms with Crippen LogP contribution in [-0.4, -0.2) is 71.9 Å². The number of hydrogen-bond donors (Lipinski definition) is 1. The zero-order chi connectivity index (χ0) is 21.8. The van der Waals surface area contributed by atoms with E-state index in [9.17, 15) is 19.2 Å². The molecule has 1 N–H and O–H groups in total. The summed E-state index contributed by atoms with van der Waals surface area (Å²) in [4.78, 5) is 49.8. The molecular formula is C19H27N3O7. The van der Waals surface area contributed by atoms with Crippen LogP contribution in [-0.2, 0) is 28.6 Å². The maximum atomic E-state index is 12.9. The van der Waals surface area contributed by atoms with Crippen molar-refractivity contribution in [3.05, 3.63) is 23.9 Å². The number of fused-ring (bicyclic) bond motifs is 1. The van der Waals surface area contributed by atoms with Gasteiger partial charge >= 0.3 is 18.0 Å². The van der Waals surface area contributed by atoms with Gasteiger partial charge in [0.2, 0.25) is 0 Å². The van der Waals surface area contributed by atoms with E-state index in [1.54, 1.807) is 20.8 Å². The van der Waals surface area contributed by atoms with Gasteiger partial charge in [0.1, 0.15) is 18.2 Å². The average Bonchev–Trinajstić information content (AvgIpc) is 3.13. The normalized spacial score (nSPS) is 19.1. The topological polar surface area (TPSA) is 114 Å². The minimum atomic E-state index is -0.930. The summed E-state index contributed by atoms with van der Waals surface area (Å²) in [7, 11) is 0. The molecule has 0 aromatic rings. The lowest BCUT2D eigenvalue weighted by atomic mass is 10.2. The number of carbonyl (C=O) groups is 4. The predicted molar refractivity (Wildman–Crippen MR) is 101 cm³/mol. The molecule has 0 radical (unpaired) electrons. The van der Waals surface area contributed by atoms with Crippen molar-refractivity contribution in [2.24, 2.45) is 0 Å². The minimum Gasteiger partial charge on any atom is -0.462 e.